The maximum atomic E-state index is 12.7. The molecule has 1 aliphatic rings. The maximum absolute atomic E-state index is 12.7. The summed E-state index contributed by atoms with van der Waals surface area (Å²) in [6.45, 7) is 8.48. The molecule has 0 aromatic heterocycles. The molecule has 132 valence electrons. The van der Waals surface area contributed by atoms with E-state index in [0.29, 0.717) is 5.56 Å². The second kappa shape index (κ2) is 9.36. The van der Waals surface area contributed by atoms with E-state index in [0.717, 1.165) is 24.0 Å². The Kier molecular flexibility index (Phi) is 9.13. The number of benzene rings is 1. The summed E-state index contributed by atoms with van der Waals surface area (Å²) >= 11 is 0. The van der Waals surface area contributed by atoms with Crippen LogP contribution in [0.25, 0.3) is 0 Å². The van der Waals surface area contributed by atoms with Crippen molar-refractivity contribution in [1.82, 2.24) is 10.6 Å². The van der Waals surface area contributed by atoms with Crippen LogP contribution in [0, 0.1) is 19.3 Å². The van der Waals surface area contributed by atoms with Crippen LogP contribution in [-0.2, 0) is 68.9 Å². The average Bonchev–Trinajstić information content (AvgIpc) is 2.74. The van der Waals surface area contributed by atoms with Gasteiger partial charge in [-0.05, 0) is 54.4 Å². The smallest absolute Gasteiger partial charge is 0.266 e. The van der Waals surface area contributed by atoms with E-state index >= 15 is 0 Å². The first kappa shape index (κ1) is 24.4. The predicted molar refractivity (Wildman–Crippen MR) is 90.9 cm³/mol. The number of hydrogen-bond donors (Lipinski definition) is 3. The molecule has 1 aromatic rings. The largest absolute Gasteiger partial charge is 0.382 e. The van der Waals surface area contributed by atoms with Crippen molar-refractivity contribution in [2.24, 2.45) is 11.1 Å². The van der Waals surface area contributed by atoms with Crippen LogP contribution in [0.2, 0.25) is 0 Å². The summed E-state index contributed by atoms with van der Waals surface area (Å²) in [5.74, 6) is -0.815. The van der Waals surface area contributed by atoms with Gasteiger partial charge in [0.25, 0.3) is 11.8 Å². The van der Waals surface area contributed by atoms with Gasteiger partial charge in [0.2, 0.25) is 0 Å². The third kappa shape index (κ3) is 5.43. The number of aryl methyl sites for hydroxylation is 2. The summed E-state index contributed by atoms with van der Waals surface area (Å²) in [7, 11) is 1.58. The molecule has 0 fully saturated rings. The van der Waals surface area contributed by atoms with Gasteiger partial charge in [-0.3, -0.25) is 9.59 Å². The molecule has 2 radical (unpaired) electrons. The first-order valence-electron chi connectivity index (χ1n) is 7.77. The van der Waals surface area contributed by atoms with Crippen LogP contribution in [0.1, 0.15) is 46.5 Å². The molecule has 2 rings (SSSR count). The molecule has 0 atom stereocenters. The molecule has 2 amide bonds. The number of fused-ring (bicyclic) bond motifs is 1. The molecule has 1 aliphatic carbocycles. The minimum atomic E-state index is -0.611. The second-order valence-electron chi connectivity index (χ2n) is 7.01. The Hall–Kier alpha value is -0.612. The zero-order chi connectivity index (χ0) is 17.4. The molecule has 5 nitrogen and oxygen atoms in total. The number of nitrogens with one attached hydrogen (secondary N) is 2. The number of primary amides is 1. The number of nitrogens with two attached hydrogens (primary N) is 1. The fourth-order valence-electron chi connectivity index (χ4n) is 3.36. The first-order valence-corrected chi connectivity index (χ1v) is 7.77. The van der Waals surface area contributed by atoms with E-state index in [1.54, 1.807) is 7.05 Å². The summed E-state index contributed by atoms with van der Waals surface area (Å²) in [5.41, 5.74) is 10.9. The first-order chi connectivity index (χ1) is 10.7. The number of carbonyl (C=O) groups is 2. The number of rotatable bonds is 4. The van der Waals surface area contributed by atoms with Crippen LogP contribution in [0.3, 0.4) is 0 Å². The van der Waals surface area contributed by atoms with Crippen molar-refractivity contribution in [2.45, 2.75) is 40.5 Å². The second-order valence-corrected chi connectivity index (χ2v) is 7.01. The molecule has 0 bridgehead atoms. The molecule has 0 aliphatic heterocycles. The van der Waals surface area contributed by atoms with E-state index in [9.17, 15) is 9.59 Å². The van der Waals surface area contributed by atoms with Gasteiger partial charge >= 0.3 is 0 Å². The quantitative estimate of drug-likeness (QED) is 0.605. The van der Waals surface area contributed by atoms with Crippen LogP contribution < -0.4 is 16.4 Å². The Balaban J connectivity index is 0.00000288. The van der Waals surface area contributed by atoms with E-state index in [-0.39, 0.29) is 68.3 Å². The molecule has 0 unspecified atom stereocenters. The molecule has 0 heterocycles. The van der Waals surface area contributed by atoms with E-state index in [2.05, 4.69) is 37.5 Å². The van der Waals surface area contributed by atoms with Gasteiger partial charge in [-0.15, -0.1) is 0 Å². The summed E-state index contributed by atoms with van der Waals surface area (Å²) in [6, 6.07) is 2.06. The summed E-state index contributed by atoms with van der Waals surface area (Å²) < 4.78 is 0. The van der Waals surface area contributed by atoms with Gasteiger partial charge < -0.3 is 16.4 Å². The molecule has 1 aromatic carbocycles. The molecular weight excluding hydrogens is 430 g/mol. The molecule has 4 N–H and O–H groups in total. The Morgan fingerprint density at radius 3 is 2.24 bits per heavy atom. The van der Waals surface area contributed by atoms with Crippen LogP contribution in [0.4, 0.5) is 0 Å². The number of hydrogen-bond acceptors (Lipinski definition) is 3. The van der Waals surface area contributed by atoms with Crippen molar-refractivity contribution < 1.29 is 60.9 Å². The fourth-order valence-corrected chi connectivity index (χ4v) is 3.36. The Morgan fingerprint density at radius 1 is 1.16 bits per heavy atom. The molecule has 25 heavy (non-hydrogen) atoms. The van der Waals surface area contributed by atoms with E-state index in [1.165, 1.54) is 17.3 Å². The van der Waals surface area contributed by atoms with Gasteiger partial charge in [0, 0.05) is 70.1 Å². The van der Waals surface area contributed by atoms with Crippen LogP contribution >= 0.6 is 0 Å². The zero-order valence-electron chi connectivity index (χ0n) is 15.5. The van der Waals surface area contributed by atoms with E-state index in [1.807, 2.05) is 6.92 Å². The number of carbonyl (C=O) groups excluding carboxylic acids is 2. The topological polar surface area (TPSA) is 84.2 Å². The van der Waals surface area contributed by atoms with E-state index < -0.39 is 5.91 Å². The standard InChI is InChI=1S/C18H25N3O2.V.Y/c1-10-6-11(2)15(13-8-18(3,4)7-12(10)13)17(23)21-9-14(20-5)16(19)22;;/h6,9,20H,7-8H2,1-5H3,(H2,19,22)(H,21,23);;/b14-9+;;. The van der Waals surface area contributed by atoms with Gasteiger partial charge in [0.1, 0.15) is 5.70 Å². The Bertz CT molecular complexity index is 715. The minimum absolute atomic E-state index is 0. The monoisotopic (exact) mass is 455 g/mol. The number of amides is 2. The Labute approximate surface area is 186 Å². The zero-order valence-corrected chi connectivity index (χ0v) is 19.7. The predicted octanol–water partition coefficient (Wildman–Crippen LogP) is 1.70. The van der Waals surface area contributed by atoms with Crippen molar-refractivity contribution in [3.8, 4) is 0 Å². The minimum Gasteiger partial charge on any atom is -0.382 e. The van der Waals surface area contributed by atoms with Crippen molar-refractivity contribution >= 4 is 11.8 Å². The molecule has 0 spiro atoms. The fraction of sp³-hybridized carbons (Fsp3) is 0.444. The summed E-state index contributed by atoms with van der Waals surface area (Å²) in [4.78, 5) is 23.9. The van der Waals surface area contributed by atoms with Crippen molar-refractivity contribution in [3.63, 3.8) is 0 Å². The maximum Gasteiger partial charge on any atom is 0.266 e. The van der Waals surface area contributed by atoms with E-state index in [4.69, 9.17) is 5.73 Å². The summed E-state index contributed by atoms with van der Waals surface area (Å²) in [5, 5.41) is 5.35. The van der Waals surface area contributed by atoms with Gasteiger partial charge in [0.05, 0.1) is 0 Å². The van der Waals surface area contributed by atoms with Gasteiger partial charge in [-0.25, -0.2) is 0 Å². The van der Waals surface area contributed by atoms with Gasteiger partial charge in [-0.2, -0.15) is 0 Å². The average molecular weight is 455 g/mol. The summed E-state index contributed by atoms with van der Waals surface area (Å²) in [6.07, 6.45) is 3.19. The van der Waals surface area contributed by atoms with Crippen LogP contribution in [0.5, 0.6) is 0 Å². The van der Waals surface area contributed by atoms with Gasteiger partial charge in [0.15, 0.2) is 0 Å². The Morgan fingerprint density at radius 2 is 1.72 bits per heavy atom. The third-order valence-corrected chi connectivity index (χ3v) is 4.39. The van der Waals surface area contributed by atoms with Crippen molar-refractivity contribution in [2.75, 3.05) is 7.05 Å². The van der Waals surface area contributed by atoms with Gasteiger partial charge in [-0.1, -0.05) is 19.9 Å². The van der Waals surface area contributed by atoms with Crippen molar-refractivity contribution in [1.29, 1.82) is 0 Å². The third-order valence-electron chi connectivity index (χ3n) is 4.39. The molecule has 7 heteroatoms. The molecular formula is C18H25N3O2VY. The van der Waals surface area contributed by atoms with Crippen LogP contribution in [-0.4, -0.2) is 18.9 Å². The molecule has 0 saturated heterocycles. The molecule has 0 saturated carbocycles. The van der Waals surface area contributed by atoms with Crippen LogP contribution in [0.15, 0.2) is 18.0 Å². The normalized spacial score (nSPS) is 14.7. The number of likely N-dealkylation sites (N-methyl/N-ethyl adjacent to an activating group) is 1. The SMILES string of the molecule is CN/C(=C/NC(=O)c1c(C)cc(C)c2c1CC(C)(C)C2)C(N)=O.[V].[Y]. The van der Waals surface area contributed by atoms with Crippen molar-refractivity contribution in [3.05, 3.63) is 45.8 Å².